The fourth-order valence-electron chi connectivity index (χ4n) is 3.46. The van der Waals surface area contributed by atoms with Gasteiger partial charge in [0, 0.05) is 18.5 Å². The number of rotatable bonds is 5. The lowest BCUT2D eigenvalue weighted by atomic mass is 9.78. The summed E-state index contributed by atoms with van der Waals surface area (Å²) in [6.45, 7) is 2.85. The minimum atomic E-state index is 0.0378. The SMILES string of the molecule is COc1ccc(OCCNC(=O)N2CC3(CCCC3)C2)cc1. The quantitative estimate of drug-likeness (QED) is 0.851. The average molecular weight is 304 g/mol. The Morgan fingerprint density at radius 3 is 2.45 bits per heavy atom. The fourth-order valence-corrected chi connectivity index (χ4v) is 3.46. The third-order valence-electron chi connectivity index (χ3n) is 4.71. The van der Waals surface area contributed by atoms with Gasteiger partial charge in [0.05, 0.1) is 13.7 Å². The summed E-state index contributed by atoms with van der Waals surface area (Å²) in [5.41, 5.74) is 0.455. The van der Waals surface area contributed by atoms with Crippen molar-refractivity contribution in [3.63, 3.8) is 0 Å². The molecular weight excluding hydrogens is 280 g/mol. The van der Waals surface area contributed by atoms with E-state index in [2.05, 4.69) is 5.32 Å². The predicted octanol–water partition coefficient (Wildman–Crippen LogP) is 2.66. The molecule has 22 heavy (non-hydrogen) atoms. The number of nitrogens with one attached hydrogen (secondary N) is 1. The number of amides is 2. The van der Waals surface area contributed by atoms with Gasteiger partial charge in [-0.25, -0.2) is 4.79 Å². The van der Waals surface area contributed by atoms with E-state index in [1.54, 1.807) is 7.11 Å². The smallest absolute Gasteiger partial charge is 0.317 e. The topological polar surface area (TPSA) is 50.8 Å². The Labute approximate surface area is 131 Å². The van der Waals surface area contributed by atoms with Crippen LogP contribution in [0.4, 0.5) is 4.79 Å². The molecule has 3 rings (SSSR count). The summed E-state index contributed by atoms with van der Waals surface area (Å²) in [6, 6.07) is 7.47. The van der Waals surface area contributed by atoms with Gasteiger partial charge in [-0.3, -0.25) is 0 Å². The van der Waals surface area contributed by atoms with Gasteiger partial charge in [-0.15, -0.1) is 0 Å². The molecule has 0 radical (unpaired) electrons. The van der Waals surface area contributed by atoms with Gasteiger partial charge >= 0.3 is 6.03 Å². The van der Waals surface area contributed by atoms with Crippen LogP contribution >= 0.6 is 0 Å². The largest absolute Gasteiger partial charge is 0.497 e. The number of ether oxygens (including phenoxy) is 2. The number of nitrogens with zero attached hydrogens (tertiary/aromatic N) is 1. The normalized spacial score (nSPS) is 18.9. The molecular formula is C17H24N2O3. The Morgan fingerprint density at radius 1 is 1.18 bits per heavy atom. The van der Waals surface area contributed by atoms with Crippen molar-refractivity contribution in [2.45, 2.75) is 25.7 Å². The van der Waals surface area contributed by atoms with Crippen LogP contribution in [0.1, 0.15) is 25.7 Å². The van der Waals surface area contributed by atoms with Crippen molar-refractivity contribution in [3.8, 4) is 11.5 Å². The summed E-state index contributed by atoms with van der Waals surface area (Å²) in [7, 11) is 1.64. The van der Waals surface area contributed by atoms with E-state index in [1.165, 1.54) is 25.7 Å². The van der Waals surface area contributed by atoms with Crippen LogP contribution in [0.25, 0.3) is 0 Å². The first-order valence-corrected chi connectivity index (χ1v) is 8.00. The Morgan fingerprint density at radius 2 is 1.82 bits per heavy atom. The maximum atomic E-state index is 12.0. The van der Waals surface area contributed by atoms with Crippen LogP contribution in [-0.2, 0) is 0 Å². The van der Waals surface area contributed by atoms with Crippen molar-refractivity contribution >= 4 is 6.03 Å². The van der Waals surface area contributed by atoms with E-state index in [9.17, 15) is 4.79 Å². The zero-order valence-corrected chi connectivity index (χ0v) is 13.1. The number of hydrogen-bond acceptors (Lipinski definition) is 3. The lowest BCUT2D eigenvalue weighted by Gasteiger charge is -2.48. The lowest BCUT2D eigenvalue weighted by Crippen LogP contribution is -2.59. The van der Waals surface area contributed by atoms with Crippen molar-refractivity contribution < 1.29 is 14.3 Å². The molecule has 5 nitrogen and oxygen atoms in total. The molecule has 1 heterocycles. The Kier molecular flexibility index (Phi) is 4.41. The van der Waals surface area contributed by atoms with Gasteiger partial charge in [-0.2, -0.15) is 0 Å². The van der Waals surface area contributed by atoms with Gasteiger partial charge in [0.1, 0.15) is 18.1 Å². The number of carbonyl (C=O) groups excluding carboxylic acids is 1. The highest BCUT2D eigenvalue weighted by Crippen LogP contribution is 2.45. The third-order valence-corrected chi connectivity index (χ3v) is 4.71. The van der Waals surface area contributed by atoms with E-state index in [0.717, 1.165) is 24.6 Å². The first kappa shape index (κ1) is 15.0. The zero-order chi connectivity index (χ0) is 15.4. The van der Waals surface area contributed by atoms with Crippen molar-refractivity contribution in [2.24, 2.45) is 5.41 Å². The number of methoxy groups -OCH3 is 1. The summed E-state index contributed by atoms with van der Waals surface area (Å²) in [4.78, 5) is 13.9. The number of likely N-dealkylation sites (tertiary alicyclic amines) is 1. The highest BCUT2D eigenvalue weighted by molar-refractivity contribution is 5.75. The minimum absolute atomic E-state index is 0.0378. The molecule has 1 aliphatic carbocycles. The maximum Gasteiger partial charge on any atom is 0.317 e. The highest BCUT2D eigenvalue weighted by Gasteiger charge is 2.46. The summed E-state index contributed by atoms with van der Waals surface area (Å²) in [5, 5.41) is 2.92. The van der Waals surface area contributed by atoms with Crippen LogP contribution in [0.5, 0.6) is 11.5 Å². The molecule has 1 saturated carbocycles. The second kappa shape index (κ2) is 6.46. The third kappa shape index (κ3) is 3.29. The van der Waals surface area contributed by atoms with Crippen molar-refractivity contribution in [3.05, 3.63) is 24.3 Å². The molecule has 1 N–H and O–H groups in total. The van der Waals surface area contributed by atoms with Gasteiger partial charge in [0.15, 0.2) is 0 Å². The van der Waals surface area contributed by atoms with Crippen LogP contribution in [0, 0.1) is 5.41 Å². The van der Waals surface area contributed by atoms with Gasteiger partial charge in [-0.05, 0) is 37.1 Å². The van der Waals surface area contributed by atoms with E-state index in [4.69, 9.17) is 9.47 Å². The second-order valence-corrected chi connectivity index (χ2v) is 6.32. The fraction of sp³-hybridized carbons (Fsp3) is 0.588. The Bertz CT molecular complexity index is 501. The average Bonchev–Trinajstić information content (AvgIpc) is 3.00. The molecule has 0 atom stereocenters. The molecule has 1 aliphatic heterocycles. The maximum absolute atomic E-state index is 12.0. The molecule has 1 aromatic carbocycles. The summed E-state index contributed by atoms with van der Waals surface area (Å²) in [5.74, 6) is 1.59. The number of hydrogen-bond donors (Lipinski definition) is 1. The molecule has 5 heteroatoms. The molecule has 120 valence electrons. The number of carbonyl (C=O) groups is 1. The van der Waals surface area contributed by atoms with Crippen LogP contribution in [0.3, 0.4) is 0 Å². The molecule has 1 spiro atoms. The molecule has 1 saturated heterocycles. The van der Waals surface area contributed by atoms with Crippen LogP contribution in [-0.4, -0.2) is 44.3 Å². The molecule has 0 bridgehead atoms. The standard InChI is InChI=1S/C17H24N2O3/c1-21-14-4-6-15(7-5-14)22-11-10-18-16(20)19-12-17(13-19)8-2-3-9-17/h4-7H,2-3,8-13H2,1H3,(H,18,20). The van der Waals surface area contributed by atoms with Gasteiger partial charge < -0.3 is 19.7 Å². The van der Waals surface area contributed by atoms with E-state index in [-0.39, 0.29) is 6.03 Å². The summed E-state index contributed by atoms with van der Waals surface area (Å²) >= 11 is 0. The first-order chi connectivity index (χ1) is 10.7. The van der Waals surface area contributed by atoms with E-state index < -0.39 is 0 Å². The predicted molar refractivity (Wildman–Crippen MR) is 84.4 cm³/mol. The van der Waals surface area contributed by atoms with E-state index >= 15 is 0 Å². The summed E-state index contributed by atoms with van der Waals surface area (Å²) < 4.78 is 10.7. The van der Waals surface area contributed by atoms with Crippen molar-refractivity contribution in [1.29, 1.82) is 0 Å². The van der Waals surface area contributed by atoms with Crippen LogP contribution in [0.15, 0.2) is 24.3 Å². The Hall–Kier alpha value is -1.91. The van der Waals surface area contributed by atoms with Gasteiger partial charge in [0.2, 0.25) is 0 Å². The monoisotopic (exact) mass is 304 g/mol. The highest BCUT2D eigenvalue weighted by atomic mass is 16.5. The van der Waals surface area contributed by atoms with Crippen molar-refractivity contribution in [1.82, 2.24) is 10.2 Å². The zero-order valence-electron chi connectivity index (χ0n) is 13.1. The lowest BCUT2D eigenvalue weighted by molar-refractivity contribution is 0.0369. The second-order valence-electron chi connectivity index (χ2n) is 6.32. The molecule has 2 aliphatic rings. The molecule has 2 amide bonds. The van der Waals surface area contributed by atoms with Crippen LogP contribution < -0.4 is 14.8 Å². The van der Waals surface area contributed by atoms with Gasteiger partial charge in [-0.1, -0.05) is 12.8 Å². The van der Waals surface area contributed by atoms with E-state index in [0.29, 0.717) is 18.6 Å². The first-order valence-electron chi connectivity index (χ1n) is 8.00. The van der Waals surface area contributed by atoms with Crippen molar-refractivity contribution in [2.75, 3.05) is 33.4 Å². The minimum Gasteiger partial charge on any atom is -0.497 e. The molecule has 1 aromatic rings. The van der Waals surface area contributed by atoms with E-state index in [1.807, 2.05) is 29.2 Å². The molecule has 0 aromatic heterocycles. The molecule has 2 fully saturated rings. The number of benzene rings is 1. The number of urea groups is 1. The Balaban J connectivity index is 1.32. The summed E-state index contributed by atoms with van der Waals surface area (Å²) in [6.07, 6.45) is 5.23. The molecule has 0 unspecified atom stereocenters. The van der Waals surface area contributed by atoms with Gasteiger partial charge in [0.25, 0.3) is 0 Å². The van der Waals surface area contributed by atoms with Crippen LogP contribution in [0.2, 0.25) is 0 Å².